The molecule has 0 aromatic heterocycles. The topological polar surface area (TPSA) is 84.5 Å². The van der Waals surface area contributed by atoms with E-state index in [1.165, 1.54) is 51.0 Å². The van der Waals surface area contributed by atoms with Crippen LogP contribution in [-0.4, -0.2) is 43.7 Å². The summed E-state index contributed by atoms with van der Waals surface area (Å²) in [7, 11) is 1.27. The highest BCUT2D eigenvalue weighted by Gasteiger charge is 2.16. The molecule has 26 heavy (non-hydrogen) atoms. The maximum atomic E-state index is 12.2. The van der Waals surface area contributed by atoms with Gasteiger partial charge in [-0.15, -0.1) is 11.8 Å². The molecule has 0 aliphatic heterocycles. The van der Waals surface area contributed by atoms with Crippen LogP contribution in [0.25, 0.3) is 0 Å². The Morgan fingerprint density at radius 2 is 1.85 bits per heavy atom. The molecule has 2 amide bonds. The van der Waals surface area contributed by atoms with Gasteiger partial charge in [0.2, 0.25) is 5.91 Å². The van der Waals surface area contributed by atoms with E-state index in [0.29, 0.717) is 16.4 Å². The van der Waals surface area contributed by atoms with Crippen LogP contribution in [0, 0.1) is 5.92 Å². The predicted molar refractivity (Wildman–Crippen MR) is 101 cm³/mol. The van der Waals surface area contributed by atoms with Gasteiger partial charge < -0.3 is 15.4 Å². The van der Waals surface area contributed by atoms with Crippen LogP contribution in [0.4, 0.5) is 0 Å². The Morgan fingerprint density at radius 3 is 2.58 bits per heavy atom. The lowest BCUT2D eigenvalue weighted by molar-refractivity contribution is -0.139. The van der Waals surface area contributed by atoms with Crippen molar-refractivity contribution in [1.82, 2.24) is 10.6 Å². The maximum Gasteiger partial charge on any atom is 0.325 e. The molecule has 1 aliphatic carbocycles. The SMILES string of the molecule is COC(=O)CNC(=O)c1ccccc1SCC(=O)NCC1CCCCC1. The molecule has 6 nitrogen and oxygen atoms in total. The first kappa shape index (κ1) is 20.3. The highest BCUT2D eigenvalue weighted by Crippen LogP contribution is 2.24. The first-order valence-corrected chi connectivity index (χ1v) is 9.92. The number of amides is 2. The number of thioether (sulfide) groups is 1. The van der Waals surface area contributed by atoms with E-state index in [1.54, 1.807) is 18.2 Å². The van der Waals surface area contributed by atoms with Crippen molar-refractivity contribution in [3.63, 3.8) is 0 Å². The van der Waals surface area contributed by atoms with Gasteiger partial charge in [-0.1, -0.05) is 31.4 Å². The number of nitrogens with one attached hydrogen (secondary N) is 2. The molecule has 0 radical (unpaired) electrons. The van der Waals surface area contributed by atoms with E-state index < -0.39 is 5.97 Å². The summed E-state index contributed by atoms with van der Waals surface area (Å²) >= 11 is 1.32. The Hall–Kier alpha value is -2.02. The molecule has 2 rings (SSSR count). The zero-order valence-corrected chi connectivity index (χ0v) is 15.9. The quantitative estimate of drug-likeness (QED) is 0.536. The fourth-order valence-corrected chi connectivity index (χ4v) is 3.82. The summed E-state index contributed by atoms with van der Waals surface area (Å²) < 4.78 is 4.51. The standard InChI is InChI=1S/C19H26N2O4S/c1-25-18(23)12-21-19(24)15-9-5-6-10-16(15)26-13-17(22)20-11-14-7-3-2-4-8-14/h5-6,9-10,14H,2-4,7-8,11-13H2,1H3,(H,20,22)(H,21,24). The Bertz CT molecular complexity index is 630. The highest BCUT2D eigenvalue weighted by atomic mass is 32.2. The Labute approximate surface area is 158 Å². The van der Waals surface area contributed by atoms with Crippen LogP contribution in [0.3, 0.4) is 0 Å². The Balaban J connectivity index is 1.82. The molecule has 1 aromatic carbocycles. The van der Waals surface area contributed by atoms with Crippen molar-refractivity contribution >= 4 is 29.5 Å². The Morgan fingerprint density at radius 1 is 1.12 bits per heavy atom. The number of carbonyl (C=O) groups excluding carboxylic acids is 3. The van der Waals surface area contributed by atoms with Crippen molar-refractivity contribution in [3.05, 3.63) is 29.8 Å². The Kier molecular flexibility index (Phi) is 8.47. The normalized spacial score (nSPS) is 14.5. The summed E-state index contributed by atoms with van der Waals surface area (Å²) in [5.41, 5.74) is 0.446. The number of ether oxygens (including phenoxy) is 1. The lowest BCUT2D eigenvalue weighted by atomic mass is 9.89. The minimum Gasteiger partial charge on any atom is -0.468 e. The molecule has 1 aliphatic rings. The number of methoxy groups -OCH3 is 1. The first-order chi connectivity index (χ1) is 12.6. The number of esters is 1. The van der Waals surface area contributed by atoms with Gasteiger partial charge in [-0.25, -0.2) is 0 Å². The van der Waals surface area contributed by atoms with Crippen molar-refractivity contribution in [2.75, 3.05) is 26.0 Å². The summed E-state index contributed by atoms with van der Waals surface area (Å²) in [5, 5.41) is 5.52. The number of hydrogen-bond acceptors (Lipinski definition) is 5. The average molecular weight is 378 g/mol. The lowest BCUT2D eigenvalue weighted by Gasteiger charge is -2.21. The largest absolute Gasteiger partial charge is 0.468 e. The fourth-order valence-electron chi connectivity index (χ4n) is 2.94. The van der Waals surface area contributed by atoms with Crippen LogP contribution in [0.2, 0.25) is 0 Å². The van der Waals surface area contributed by atoms with Crippen LogP contribution in [0.1, 0.15) is 42.5 Å². The van der Waals surface area contributed by atoms with E-state index in [-0.39, 0.29) is 24.1 Å². The van der Waals surface area contributed by atoms with Gasteiger partial charge in [-0.2, -0.15) is 0 Å². The molecule has 0 heterocycles. The monoisotopic (exact) mass is 378 g/mol. The van der Waals surface area contributed by atoms with E-state index in [4.69, 9.17) is 0 Å². The molecule has 1 saturated carbocycles. The number of hydrogen-bond donors (Lipinski definition) is 2. The van der Waals surface area contributed by atoms with Crippen LogP contribution >= 0.6 is 11.8 Å². The molecule has 7 heteroatoms. The van der Waals surface area contributed by atoms with Gasteiger partial charge in [-0.05, 0) is 30.9 Å². The van der Waals surface area contributed by atoms with Crippen LogP contribution in [-0.2, 0) is 14.3 Å². The van der Waals surface area contributed by atoms with Crippen molar-refractivity contribution in [3.8, 4) is 0 Å². The first-order valence-electron chi connectivity index (χ1n) is 8.93. The van der Waals surface area contributed by atoms with Crippen LogP contribution in [0.5, 0.6) is 0 Å². The van der Waals surface area contributed by atoms with E-state index in [2.05, 4.69) is 15.4 Å². The third kappa shape index (κ3) is 6.71. The van der Waals surface area contributed by atoms with Gasteiger partial charge in [0.1, 0.15) is 6.54 Å². The summed E-state index contributed by atoms with van der Waals surface area (Å²) in [6.07, 6.45) is 6.19. The smallest absolute Gasteiger partial charge is 0.325 e. The second-order valence-corrected chi connectivity index (χ2v) is 7.37. The van der Waals surface area contributed by atoms with Crippen molar-refractivity contribution < 1.29 is 19.1 Å². The molecule has 0 bridgehead atoms. The molecular formula is C19H26N2O4S. The van der Waals surface area contributed by atoms with E-state index in [9.17, 15) is 14.4 Å². The third-order valence-electron chi connectivity index (χ3n) is 4.42. The van der Waals surface area contributed by atoms with Crippen molar-refractivity contribution in [2.24, 2.45) is 5.92 Å². The summed E-state index contributed by atoms with van der Waals surface area (Å²) in [6, 6.07) is 7.04. The molecule has 2 N–H and O–H groups in total. The third-order valence-corrected chi connectivity index (χ3v) is 5.50. The second-order valence-electron chi connectivity index (χ2n) is 6.35. The lowest BCUT2D eigenvalue weighted by Crippen LogP contribution is -2.32. The fraction of sp³-hybridized carbons (Fsp3) is 0.526. The van der Waals surface area contributed by atoms with Crippen LogP contribution < -0.4 is 10.6 Å². The van der Waals surface area contributed by atoms with Gasteiger partial charge in [-0.3, -0.25) is 14.4 Å². The molecule has 142 valence electrons. The van der Waals surface area contributed by atoms with Gasteiger partial charge in [0, 0.05) is 11.4 Å². The van der Waals surface area contributed by atoms with Gasteiger partial charge in [0.25, 0.3) is 5.91 Å². The minimum atomic E-state index is -0.509. The molecule has 1 fully saturated rings. The molecule has 0 spiro atoms. The van der Waals surface area contributed by atoms with Crippen molar-refractivity contribution in [1.29, 1.82) is 0 Å². The van der Waals surface area contributed by atoms with Crippen LogP contribution in [0.15, 0.2) is 29.2 Å². The summed E-state index contributed by atoms with van der Waals surface area (Å²) in [5.74, 6) is -0.0419. The zero-order chi connectivity index (χ0) is 18.8. The second kappa shape index (κ2) is 10.9. The highest BCUT2D eigenvalue weighted by molar-refractivity contribution is 8.00. The molecule has 0 unspecified atom stereocenters. The summed E-state index contributed by atoms with van der Waals surface area (Å²) in [4.78, 5) is 36.2. The van der Waals surface area contributed by atoms with E-state index in [0.717, 1.165) is 6.54 Å². The summed E-state index contributed by atoms with van der Waals surface area (Å²) in [6.45, 7) is 0.552. The average Bonchev–Trinajstić information content (AvgIpc) is 2.69. The number of rotatable bonds is 8. The van der Waals surface area contributed by atoms with E-state index in [1.807, 2.05) is 6.07 Å². The minimum absolute atomic E-state index is 0.0228. The van der Waals surface area contributed by atoms with Gasteiger partial charge in [0.15, 0.2) is 0 Å². The molecule has 1 aromatic rings. The van der Waals surface area contributed by atoms with Crippen molar-refractivity contribution in [2.45, 2.75) is 37.0 Å². The van der Waals surface area contributed by atoms with Gasteiger partial charge >= 0.3 is 5.97 Å². The molecular weight excluding hydrogens is 352 g/mol. The number of carbonyl (C=O) groups is 3. The number of benzene rings is 1. The maximum absolute atomic E-state index is 12.2. The molecule has 0 saturated heterocycles. The van der Waals surface area contributed by atoms with Gasteiger partial charge in [0.05, 0.1) is 18.4 Å². The molecule has 0 atom stereocenters. The predicted octanol–water partition coefficient (Wildman–Crippen LogP) is 2.38. The zero-order valence-electron chi connectivity index (χ0n) is 15.1. The van der Waals surface area contributed by atoms with E-state index >= 15 is 0 Å².